The first kappa shape index (κ1) is 20.9. The number of aliphatic imine (C=N–C) groups is 1. The van der Waals surface area contributed by atoms with E-state index in [4.69, 9.17) is 9.47 Å². The zero-order chi connectivity index (χ0) is 20.2. The summed E-state index contributed by atoms with van der Waals surface area (Å²) in [5, 5.41) is 14.7. The number of guanidine groups is 1. The van der Waals surface area contributed by atoms with Gasteiger partial charge in [0.2, 0.25) is 0 Å². The number of ether oxygens (including phenoxy) is 2. The van der Waals surface area contributed by atoms with Crippen molar-refractivity contribution in [1.82, 2.24) is 30.3 Å². The predicted octanol–water partition coefficient (Wildman–Crippen LogP) is 0.423. The van der Waals surface area contributed by atoms with Crippen LogP contribution in [0, 0.1) is 6.92 Å². The number of likely N-dealkylation sites (tertiary alicyclic amines) is 1. The monoisotopic (exact) mass is 381 g/mol. The fraction of sp³-hybridized carbons (Fsp3) is 0.765. The molecule has 0 aromatic carbocycles. The topological polar surface area (TPSA) is 106 Å². The molecule has 2 rings (SSSR count). The van der Waals surface area contributed by atoms with E-state index in [1.807, 2.05) is 39.3 Å². The highest BCUT2D eigenvalue weighted by atomic mass is 16.6. The molecule has 1 aliphatic heterocycles. The summed E-state index contributed by atoms with van der Waals surface area (Å²) in [6.07, 6.45) is -0.500. The van der Waals surface area contributed by atoms with Crippen LogP contribution < -0.4 is 10.6 Å². The second kappa shape index (κ2) is 8.55. The molecular formula is C17H31N7O3. The molecule has 152 valence electrons. The van der Waals surface area contributed by atoms with Crippen LogP contribution in [0.2, 0.25) is 0 Å². The summed E-state index contributed by atoms with van der Waals surface area (Å²) in [7, 11) is 5.25. The lowest BCUT2D eigenvalue weighted by Gasteiger charge is -2.24. The molecular weight excluding hydrogens is 350 g/mol. The molecule has 27 heavy (non-hydrogen) atoms. The number of carbonyl (C=O) groups is 1. The van der Waals surface area contributed by atoms with Crippen LogP contribution in [0.25, 0.3) is 0 Å². The molecule has 1 unspecified atom stereocenters. The Morgan fingerprint density at radius 2 is 2.04 bits per heavy atom. The second-order valence-electron chi connectivity index (χ2n) is 7.56. The number of hydrogen-bond donors (Lipinski definition) is 2. The molecule has 2 atom stereocenters. The van der Waals surface area contributed by atoms with Crippen LogP contribution in [0.1, 0.15) is 32.4 Å². The Morgan fingerprint density at radius 1 is 1.33 bits per heavy atom. The van der Waals surface area contributed by atoms with E-state index in [0.29, 0.717) is 25.6 Å². The standard InChI is InChI=1S/C17H31N7O3/c1-11-21-22-14(23(11)6)8-19-15(18-5)20-12-9-24(10-13(12)26-7)16(25)27-17(2,3)4/h12-13H,8-10H2,1-7H3,(H2,18,19,20)/t12?,13-/m0/s1. The van der Waals surface area contributed by atoms with Crippen molar-refractivity contribution in [2.75, 3.05) is 27.2 Å². The Bertz CT molecular complexity index is 681. The molecule has 1 aliphatic rings. The normalized spacial score (nSPS) is 20.7. The maximum atomic E-state index is 12.3. The van der Waals surface area contributed by atoms with Gasteiger partial charge < -0.3 is 29.6 Å². The van der Waals surface area contributed by atoms with E-state index in [9.17, 15) is 4.79 Å². The highest BCUT2D eigenvalue weighted by molar-refractivity contribution is 5.80. The zero-order valence-corrected chi connectivity index (χ0v) is 17.2. The number of rotatable bonds is 4. The summed E-state index contributed by atoms with van der Waals surface area (Å²) < 4.78 is 12.9. The van der Waals surface area contributed by atoms with Crippen LogP contribution in [-0.4, -0.2) is 76.7 Å². The lowest BCUT2D eigenvalue weighted by atomic mass is 10.2. The first-order chi connectivity index (χ1) is 12.6. The summed E-state index contributed by atoms with van der Waals surface area (Å²) in [5.74, 6) is 2.26. The zero-order valence-electron chi connectivity index (χ0n) is 17.2. The van der Waals surface area contributed by atoms with Gasteiger partial charge in [-0.2, -0.15) is 0 Å². The van der Waals surface area contributed by atoms with Gasteiger partial charge in [-0.25, -0.2) is 4.79 Å². The number of nitrogens with one attached hydrogen (secondary N) is 2. The second-order valence-corrected chi connectivity index (χ2v) is 7.56. The molecule has 0 bridgehead atoms. The van der Waals surface area contributed by atoms with Gasteiger partial charge in [-0.3, -0.25) is 4.99 Å². The van der Waals surface area contributed by atoms with Gasteiger partial charge in [-0.1, -0.05) is 0 Å². The van der Waals surface area contributed by atoms with Gasteiger partial charge in [0, 0.05) is 27.7 Å². The predicted molar refractivity (Wildman–Crippen MR) is 101 cm³/mol. The summed E-state index contributed by atoms with van der Waals surface area (Å²) >= 11 is 0. The Balaban J connectivity index is 1.95. The maximum absolute atomic E-state index is 12.3. The molecule has 1 aromatic heterocycles. The SMILES string of the molecule is CN=C(NCc1nnc(C)n1C)NC1CN(C(=O)OC(C)(C)C)C[C@@H]1OC. The van der Waals surface area contributed by atoms with Crippen molar-refractivity contribution in [2.45, 2.75) is 52.0 Å². The average Bonchev–Trinajstić information content (AvgIpc) is 3.14. The van der Waals surface area contributed by atoms with E-state index in [1.54, 1.807) is 19.1 Å². The minimum atomic E-state index is -0.531. The Morgan fingerprint density at radius 3 is 2.56 bits per heavy atom. The van der Waals surface area contributed by atoms with E-state index in [1.165, 1.54) is 0 Å². The molecule has 10 heteroatoms. The fourth-order valence-corrected chi connectivity index (χ4v) is 2.76. The molecule has 1 amide bonds. The lowest BCUT2D eigenvalue weighted by Crippen LogP contribution is -2.49. The summed E-state index contributed by atoms with van der Waals surface area (Å²) in [5.41, 5.74) is -0.531. The molecule has 0 saturated carbocycles. The number of methoxy groups -OCH3 is 1. The van der Waals surface area contributed by atoms with E-state index in [2.05, 4.69) is 25.8 Å². The molecule has 10 nitrogen and oxygen atoms in total. The summed E-state index contributed by atoms with van der Waals surface area (Å²) in [4.78, 5) is 18.2. The van der Waals surface area contributed by atoms with Gasteiger partial charge in [0.25, 0.3) is 0 Å². The van der Waals surface area contributed by atoms with Crippen molar-refractivity contribution in [3.8, 4) is 0 Å². The van der Waals surface area contributed by atoms with Crippen LogP contribution >= 0.6 is 0 Å². The number of nitrogens with zero attached hydrogens (tertiary/aromatic N) is 5. The van der Waals surface area contributed by atoms with Crippen LogP contribution in [0.3, 0.4) is 0 Å². The van der Waals surface area contributed by atoms with Gasteiger partial charge in [0.15, 0.2) is 11.8 Å². The number of aryl methyl sites for hydroxylation is 1. The van der Waals surface area contributed by atoms with Crippen molar-refractivity contribution < 1.29 is 14.3 Å². The smallest absolute Gasteiger partial charge is 0.410 e. The molecule has 1 aromatic rings. The third-order valence-corrected chi connectivity index (χ3v) is 4.36. The first-order valence-corrected chi connectivity index (χ1v) is 8.97. The molecule has 2 N–H and O–H groups in total. The Hall–Kier alpha value is -2.36. The molecule has 1 saturated heterocycles. The van der Waals surface area contributed by atoms with Gasteiger partial charge in [-0.15, -0.1) is 10.2 Å². The Kier molecular flexibility index (Phi) is 6.63. The largest absolute Gasteiger partial charge is 0.444 e. The minimum absolute atomic E-state index is 0.102. The quantitative estimate of drug-likeness (QED) is 0.575. The first-order valence-electron chi connectivity index (χ1n) is 8.97. The third-order valence-electron chi connectivity index (χ3n) is 4.36. The van der Waals surface area contributed by atoms with Crippen LogP contribution in [0.5, 0.6) is 0 Å². The molecule has 0 spiro atoms. The van der Waals surface area contributed by atoms with Gasteiger partial charge in [0.1, 0.15) is 11.4 Å². The van der Waals surface area contributed by atoms with Crippen LogP contribution in [0.15, 0.2) is 4.99 Å². The fourth-order valence-electron chi connectivity index (χ4n) is 2.76. The van der Waals surface area contributed by atoms with Crippen molar-refractivity contribution >= 4 is 12.1 Å². The highest BCUT2D eigenvalue weighted by Gasteiger charge is 2.37. The Labute approximate surface area is 160 Å². The maximum Gasteiger partial charge on any atom is 0.410 e. The summed E-state index contributed by atoms with van der Waals surface area (Å²) in [6.45, 7) is 8.87. The molecule has 2 heterocycles. The molecule has 1 fully saturated rings. The van der Waals surface area contributed by atoms with E-state index in [-0.39, 0.29) is 18.2 Å². The number of hydrogen-bond acceptors (Lipinski definition) is 6. The van der Waals surface area contributed by atoms with Crippen molar-refractivity contribution in [3.63, 3.8) is 0 Å². The minimum Gasteiger partial charge on any atom is -0.444 e. The third kappa shape index (κ3) is 5.56. The van der Waals surface area contributed by atoms with Gasteiger partial charge in [-0.05, 0) is 27.7 Å². The average molecular weight is 381 g/mol. The molecule has 0 aliphatic carbocycles. The van der Waals surface area contributed by atoms with E-state index >= 15 is 0 Å². The van der Waals surface area contributed by atoms with Gasteiger partial charge in [0.05, 0.1) is 25.2 Å². The van der Waals surface area contributed by atoms with Crippen LogP contribution in [-0.2, 0) is 23.1 Å². The van der Waals surface area contributed by atoms with Crippen molar-refractivity contribution in [1.29, 1.82) is 0 Å². The van der Waals surface area contributed by atoms with E-state index in [0.717, 1.165) is 11.6 Å². The van der Waals surface area contributed by atoms with Crippen molar-refractivity contribution in [2.24, 2.45) is 12.0 Å². The van der Waals surface area contributed by atoms with E-state index < -0.39 is 5.60 Å². The number of carbonyl (C=O) groups excluding carboxylic acids is 1. The van der Waals surface area contributed by atoms with Crippen LogP contribution in [0.4, 0.5) is 4.79 Å². The highest BCUT2D eigenvalue weighted by Crippen LogP contribution is 2.17. The van der Waals surface area contributed by atoms with Crippen molar-refractivity contribution in [3.05, 3.63) is 11.6 Å². The number of amides is 1. The molecule has 0 radical (unpaired) electrons. The lowest BCUT2D eigenvalue weighted by molar-refractivity contribution is 0.0252. The summed E-state index contributed by atoms with van der Waals surface area (Å²) in [6, 6.07) is -0.102. The number of aromatic nitrogens is 3. The van der Waals surface area contributed by atoms with Gasteiger partial charge >= 0.3 is 6.09 Å².